The average molecular weight is 374 g/mol. The zero-order valence-corrected chi connectivity index (χ0v) is 14.6. The minimum atomic E-state index is -0.542. The molecule has 3 rings (SSSR count). The highest BCUT2D eigenvalue weighted by Gasteiger charge is 2.25. The fourth-order valence-corrected chi connectivity index (χ4v) is 2.49. The molecule has 2 aromatic carbocycles. The highest BCUT2D eigenvalue weighted by atomic mass is 35.5. The van der Waals surface area contributed by atoms with Crippen molar-refractivity contribution >= 4 is 41.1 Å². The van der Waals surface area contributed by atoms with Gasteiger partial charge in [0.2, 0.25) is 5.90 Å². The van der Waals surface area contributed by atoms with Gasteiger partial charge in [-0.05, 0) is 30.3 Å². The average Bonchev–Trinajstić information content (AvgIpc) is 2.97. The molecule has 6 heteroatoms. The quantitative estimate of drug-likeness (QED) is 0.425. The molecule has 0 amide bonds. The Labute approximate surface area is 155 Å². The third-order valence-electron chi connectivity index (χ3n) is 3.35. The van der Waals surface area contributed by atoms with E-state index in [2.05, 4.69) is 11.6 Å². The van der Waals surface area contributed by atoms with Crippen molar-refractivity contribution in [2.24, 2.45) is 4.99 Å². The van der Waals surface area contributed by atoms with E-state index in [1.165, 1.54) is 0 Å². The first-order valence-corrected chi connectivity index (χ1v) is 8.15. The van der Waals surface area contributed by atoms with Crippen LogP contribution in [0.15, 0.2) is 65.8 Å². The molecule has 25 heavy (non-hydrogen) atoms. The van der Waals surface area contributed by atoms with Crippen LogP contribution in [0.1, 0.15) is 11.1 Å². The number of hydrogen-bond acceptors (Lipinski definition) is 4. The van der Waals surface area contributed by atoms with Crippen LogP contribution < -0.4 is 4.74 Å². The summed E-state index contributed by atoms with van der Waals surface area (Å²) >= 11 is 11.9. The van der Waals surface area contributed by atoms with Gasteiger partial charge < -0.3 is 9.47 Å². The van der Waals surface area contributed by atoms with Gasteiger partial charge in [-0.25, -0.2) is 9.79 Å². The van der Waals surface area contributed by atoms with Gasteiger partial charge in [0.25, 0.3) is 0 Å². The Bertz CT molecular complexity index is 903. The maximum atomic E-state index is 12.1. The van der Waals surface area contributed by atoms with Crippen LogP contribution >= 0.6 is 23.2 Å². The lowest BCUT2D eigenvalue weighted by Crippen LogP contribution is -2.05. The Morgan fingerprint density at radius 2 is 1.96 bits per heavy atom. The van der Waals surface area contributed by atoms with Crippen LogP contribution in [0.5, 0.6) is 5.75 Å². The van der Waals surface area contributed by atoms with Crippen molar-refractivity contribution in [3.8, 4) is 5.75 Å². The SMILES string of the molecule is C=CCOc1ccccc1/C=C1\N=C(c2ccc(Cl)c(Cl)c2)OC1=O. The molecule has 0 fully saturated rings. The maximum Gasteiger partial charge on any atom is 0.363 e. The van der Waals surface area contributed by atoms with E-state index in [0.717, 1.165) is 5.56 Å². The van der Waals surface area contributed by atoms with Crippen LogP contribution in [0.3, 0.4) is 0 Å². The fraction of sp³-hybridized carbons (Fsp3) is 0.0526. The Hall–Kier alpha value is -2.56. The second-order valence-corrected chi connectivity index (χ2v) is 5.92. The highest BCUT2D eigenvalue weighted by molar-refractivity contribution is 6.42. The monoisotopic (exact) mass is 373 g/mol. The normalized spacial score (nSPS) is 15.0. The minimum absolute atomic E-state index is 0.177. The lowest BCUT2D eigenvalue weighted by Gasteiger charge is -2.06. The number of cyclic esters (lactones) is 1. The lowest BCUT2D eigenvalue weighted by atomic mass is 10.1. The molecule has 2 aromatic rings. The van der Waals surface area contributed by atoms with Crippen molar-refractivity contribution in [3.63, 3.8) is 0 Å². The number of para-hydroxylation sites is 1. The number of aliphatic imine (C=N–C) groups is 1. The summed E-state index contributed by atoms with van der Waals surface area (Å²) in [5.74, 6) is 0.264. The first-order chi connectivity index (χ1) is 12.1. The van der Waals surface area contributed by atoms with Crippen molar-refractivity contribution in [2.75, 3.05) is 6.61 Å². The molecule has 0 radical (unpaired) electrons. The summed E-state index contributed by atoms with van der Waals surface area (Å²) in [4.78, 5) is 16.4. The van der Waals surface area contributed by atoms with Gasteiger partial charge in [-0.15, -0.1) is 0 Å². The van der Waals surface area contributed by atoms with Crippen LogP contribution in [-0.2, 0) is 9.53 Å². The molecule has 126 valence electrons. The maximum absolute atomic E-state index is 12.1. The summed E-state index contributed by atoms with van der Waals surface area (Å²) in [6.07, 6.45) is 3.26. The molecule has 1 aliphatic rings. The molecular weight excluding hydrogens is 361 g/mol. The van der Waals surface area contributed by atoms with Crippen molar-refractivity contribution in [1.82, 2.24) is 0 Å². The van der Waals surface area contributed by atoms with Crippen molar-refractivity contribution in [1.29, 1.82) is 0 Å². The van der Waals surface area contributed by atoms with Crippen LogP contribution in [0.4, 0.5) is 0 Å². The molecule has 0 atom stereocenters. The highest BCUT2D eigenvalue weighted by Crippen LogP contribution is 2.27. The standard InChI is InChI=1S/C19H13Cl2NO3/c1-2-9-24-17-6-4-3-5-12(17)11-16-19(23)25-18(22-16)13-7-8-14(20)15(21)10-13/h2-8,10-11H,1,9H2/b16-11-. The smallest absolute Gasteiger partial charge is 0.363 e. The van der Waals surface area contributed by atoms with Gasteiger partial charge >= 0.3 is 5.97 Å². The summed E-state index contributed by atoms with van der Waals surface area (Å²) in [6, 6.07) is 12.2. The molecule has 0 N–H and O–H groups in total. The van der Waals surface area contributed by atoms with Crippen LogP contribution in [0.25, 0.3) is 6.08 Å². The molecule has 0 spiro atoms. The number of esters is 1. The molecule has 0 saturated carbocycles. The molecule has 1 heterocycles. The van der Waals surface area contributed by atoms with E-state index >= 15 is 0 Å². The molecule has 0 unspecified atom stereocenters. The Morgan fingerprint density at radius 3 is 2.72 bits per heavy atom. The minimum Gasteiger partial charge on any atom is -0.489 e. The predicted molar refractivity (Wildman–Crippen MR) is 99.2 cm³/mol. The van der Waals surface area contributed by atoms with E-state index in [0.29, 0.717) is 28.0 Å². The molecular formula is C19H13Cl2NO3. The van der Waals surface area contributed by atoms with E-state index in [-0.39, 0.29) is 11.6 Å². The predicted octanol–water partition coefficient (Wildman–Crippen LogP) is 4.90. The Kier molecular flexibility index (Phi) is 5.22. The zero-order chi connectivity index (χ0) is 17.8. The molecule has 1 aliphatic heterocycles. The van der Waals surface area contributed by atoms with Crippen LogP contribution in [0, 0.1) is 0 Å². The summed E-state index contributed by atoms with van der Waals surface area (Å²) in [7, 11) is 0. The topological polar surface area (TPSA) is 47.9 Å². The van der Waals surface area contributed by atoms with Gasteiger partial charge in [0, 0.05) is 11.1 Å². The number of hydrogen-bond donors (Lipinski definition) is 0. The van der Waals surface area contributed by atoms with Gasteiger partial charge in [-0.3, -0.25) is 0 Å². The number of rotatable bonds is 5. The number of carbonyl (C=O) groups excluding carboxylic acids is 1. The summed E-state index contributed by atoms with van der Waals surface area (Å²) in [6.45, 7) is 3.98. The van der Waals surface area contributed by atoms with Gasteiger partial charge in [0.1, 0.15) is 12.4 Å². The van der Waals surface area contributed by atoms with Crippen molar-refractivity contribution in [2.45, 2.75) is 0 Å². The summed E-state index contributed by atoms with van der Waals surface area (Å²) in [5.41, 5.74) is 1.47. The van der Waals surface area contributed by atoms with Gasteiger partial charge in [-0.1, -0.05) is 54.1 Å². The van der Waals surface area contributed by atoms with Crippen LogP contribution in [0.2, 0.25) is 10.0 Å². The zero-order valence-electron chi connectivity index (χ0n) is 13.0. The third kappa shape index (κ3) is 3.92. The van der Waals surface area contributed by atoms with Crippen LogP contribution in [-0.4, -0.2) is 18.5 Å². The van der Waals surface area contributed by atoms with E-state index < -0.39 is 5.97 Å². The molecule has 4 nitrogen and oxygen atoms in total. The number of carbonyl (C=O) groups is 1. The molecule has 0 saturated heterocycles. The number of halogens is 2. The largest absolute Gasteiger partial charge is 0.489 e. The number of ether oxygens (including phenoxy) is 2. The first kappa shape index (κ1) is 17.3. The van der Waals surface area contributed by atoms with E-state index in [1.807, 2.05) is 18.2 Å². The van der Waals surface area contributed by atoms with E-state index in [1.54, 1.807) is 36.4 Å². The Morgan fingerprint density at radius 1 is 1.16 bits per heavy atom. The fourth-order valence-electron chi connectivity index (χ4n) is 2.19. The summed E-state index contributed by atoms with van der Waals surface area (Å²) < 4.78 is 10.8. The summed E-state index contributed by atoms with van der Waals surface area (Å²) in [5, 5.41) is 0.776. The van der Waals surface area contributed by atoms with Crippen molar-refractivity contribution in [3.05, 3.63) is 82.0 Å². The molecule has 0 bridgehead atoms. The molecule has 0 aliphatic carbocycles. The van der Waals surface area contributed by atoms with Crippen molar-refractivity contribution < 1.29 is 14.3 Å². The van der Waals surface area contributed by atoms with E-state index in [9.17, 15) is 4.79 Å². The van der Waals surface area contributed by atoms with Gasteiger partial charge in [0.05, 0.1) is 10.0 Å². The second kappa shape index (κ2) is 7.55. The first-order valence-electron chi connectivity index (χ1n) is 7.39. The third-order valence-corrected chi connectivity index (χ3v) is 4.09. The Balaban J connectivity index is 1.93. The second-order valence-electron chi connectivity index (χ2n) is 5.10. The van der Waals surface area contributed by atoms with Gasteiger partial charge in [0.15, 0.2) is 5.70 Å². The van der Waals surface area contributed by atoms with Gasteiger partial charge in [-0.2, -0.15) is 0 Å². The number of nitrogens with zero attached hydrogens (tertiary/aromatic N) is 1. The lowest BCUT2D eigenvalue weighted by molar-refractivity contribution is -0.129. The molecule has 0 aromatic heterocycles. The number of benzene rings is 2. The van der Waals surface area contributed by atoms with E-state index in [4.69, 9.17) is 32.7 Å².